The van der Waals surface area contributed by atoms with Crippen LogP contribution in [0.15, 0.2) is 42.5 Å². The molecule has 0 radical (unpaired) electrons. The third-order valence-electron chi connectivity index (χ3n) is 5.39. The van der Waals surface area contributed by atoms with E-state index in [1.54, 1.807) is 12.0 Å². The van der Waals surface area contributed by atoms with Crippen LogP contribution in [0.2, 0.25) is 0 Å². The number of amides is 3. The van der Waals surface area contributed by atoms with E-state index >= 15 is 0 Å². The van der Waals surface area contributed by atoms with Gasteiger partial charge in [-0.25, -0.2) is 9.59 Å². The van der Waals surface area contributed by atoms with Crippen LogP contribution in [0.4, 0.5) is 21.0 Å². The Balaban J connectivity index is 1.53. The van der Waals surface area contributed by atoms with Crippen LogP contribution >= 0.6 is 0 Å². The Morgan fingerprint density at radius 1 is 1.00 bits per heavy atom. The van der Waals surface area contributed by atoms with E-state index < -0.39 is 5.60 Å². The average Bonchev–Trinajstić information content (AvgIpc) is 2.73. The number of carbonyl (C=O) groups is 2. The van der Waals surface area contributed by atoms with Gasteiger partial charge in [-0.3, -0.25) is 0 Å². The molecule has 0 unspecified atom stereocenters. The van der Waals surface area contributed by atoms with Gasteiger partial charge in [-0.05, 0) is 81.8 Å². The molecular formula is C25H33N3O4. The van der Waals surface area contributed by atoms with Crippen LogP contribution < -0.4 is 15.4 Å². The summed E-state index contributed by atoms with van der Waals surface area (Å²) in [4.78, 5) is 26.4. The third kappa shape index (κ3) is 6.39. The summed E-state index contributed by atoms with van der Waals surface area (Å²) in [6.07, 6.45) is 1.53. The van der Waals surface area contributed by atoms with Crippen molar-refractivity contribution in [3.63, 3.8) is 0 Å². The number of nitrogens with one attached hydrogen (secondary N) is 2. The van der Waals surface area contributed by atoms with Gasteiger partial charge in [0.1, 0.15) is 11.4 Å². The molecule has 0 spiro atoms. The number of anilines is 2. The maximum Gasteiger partial charge on any atom is 0.410 e. The molecule has 7 nitrogen and oxygen atoms in total. The summed E-state index contributed by atoms with van der Waals surface area (Å²) in [7, 11) is 1.57. The van der Waals surface area contributed by atoms with Crippen molar-refractivity contribution < 1.29 is 19.1 Å². The van der Waals surface area contributed by atoms with E-state index in [2.05, 4.69) is 10.6 Å². The molecule has 0 bridgehead atoms. The van der Waals surface area contributed by atoms with E-state index in [0.717, 1.165) is 18.4 Å². The van der Waals surface area contributed by atoms with Crippen molar-refractivity contribution in [1.29, 1.82) is 0 Å². The van der Waals surface area contributed by atoms with Gasteiger partial charge in [0.05, 0.1) is 12.8 Å². The van der Waals surface area contributed by atoms with Crippen LogP contribution in [0.25, 0.3) is 0 Å². The van der Waals surface area contributed by atoms with E-state index in [9.17, 15) is 9.59 Å². The average molecular weight is 440 g/mol. The molecule has 1 aliphatic heterocycles. The van der Waals surface area contributed by atoms with Gasteiger partial charge in [0.15, 0.2) is 0 Å². The number of urea groups is 1. The van der Waals surface area contributed by atoms with Gasteiger partial charge < -0.3 is 25.0 Å². The van der Waals surface area contributed by atoms with Gasteiger partial charge in [0.25, 0.3) is 0 Å². The molecule has 0 aliphatic carbocycles. The summed E-state index contributed by atoms with van der Waals surface area (Å²) >= 11 is 0. The fourth-order valence-electron chi connectivity index (χ4n) is 3.76. The Morgan fingerprint density at radius 3 is 2.25 bits per heavy atom. The summed E-state index contributed by atoms with van der Waals surface area (Å²) in [5.41, 5.74) is 3.10. The maximum absolute atomic E-state index is 12.4. The van der Waals surface area contributed by atoms with Crippen LogP contribution in [-0.2, 0) is 4.74 Å². The first-order chi connectivity index (χ1) is 15.1. The lowest BCUT2D eigenvalue weighted by molar-refractivity contribution is 0.0205. The number of benzene rings is 2. The van der Waals surface area contributed by atoms with Crippen molar-refractivity contribution in [1.82, 2.24) is 4.90 Å². The fourth-order valence-corrected chi connectivity index (χ4v) is 3.76. The minimum Gasteiger partial charge on any atom is -0.495 e. The maximum atomic E-state index is 12.4. The molecule has 32 heavy (non-hydrogen) atoms. The zero-order valence-electron chi connectivity index (χ0n) is 19.5. The Kier molecular flexibility index (Phi) is 7.28. The molecule has 0 aromatic heterocycles. The highest BCUT2D eigenvalue weighted by atomic mass is 16.6. The second-order valence-electron chi connectivity index (χ2n) is 9.15. The van der Waals surface area contributed by atoms with E-state index in [1.807, 2.05) is 70.2 Å². The second-order valence-corrected chi connectivity index (χ2v) is 9.15. The molecule has 172 valence electrons. The van der Waals surface area contributed by atoms with Crippen LogP contribution in [0, 0.1) is 6.92 Å². The number of carbonyl (C=O) groups excluding carboxylic acids is 2. The first kappa shape index (κ1) is 23.4. The predicted octanol–water partition coefficient (Wildman–Crippen LogP) is 5.76. The number of aryl methyl sites for hydroxylation is 1. The van der Waals surface area contributed by atoms with Crippen molar-refractivity contribution in [2.45, 2.75) is 52.1 Å². The number of rotatable bonds is 4. The minimum atomic E-state index is -0.479. The van der Waals surface area contributed by atoms with Crippen molar-refractivity contribution in [3.05, 3.63) is 53.6 Å². The smallest absolute Gasteiger partial charge is 0.410 e. The second kappa shape index (κ2) is 9.94. The summed E-state index contributed by atoms with van der Waals surface area (Å²) in [6, 6.07) is 13.2. The highest BCUT2D eigenvalue weighted by Crippen LogP contribution is 2.30. The van der Waals surface area contributed by atoms with Gasteiger partial charge in [-0.2, -0.15) is 0 Å². The fraction of sp³-hybridized carbons (Fsp3) is 0.440. The quantitative estimate of drug-likeness (QED) is 0.634. The zero-order chi connectivity index (χ0) is 23.3. The summed E-state index contributed by atoms with van der Waals surface area (Å²) in [6.45, 7) is 8.96. The number of likely N-dealkylation sites (tertiary alicyclic amines) is 1. The molecule has 2 aromatic carbocycles. The first-order valence-corrected chi connectivity index (χ1v) is 10.9. The molecule has 7 heteroatoms. The Bertz CT molecular complexity index is 943. The van der Waals surface area contributed by atoms with E-state index in [-0.39, 0.29) is 12.1 Å². The predicted molar refractivity (Wildman–Crippen MR) is 127 cm³/mol. The topological polar surface area (TPSA) is 79.9 Å². The lowest BCUT2D eigenvalue weighted by atomic mass is 9.89. The number of nitrogens with zero attached hydrogens (tertiary/aromatic N) is 1. The third-order valence-corrected chi connectivity index (χ3v) is 5.39. The highest BCUT2D eigenvalue weighted by Gasteiger charge is 2.27. The van der Waals surface area contributed by atoms with Crippen LogP contribution in [0.3, 0.4) is 0 Å². The number of methoxy groups -OCH3 is 1. The molecule has 0 atom stereocenters. The number of ether oxygens (including phenoxy) is 2. The van der Waals surface area contributed by atoms with Gasteiger partial charge in [0, 0.05) is 18.8 Å². The van der Waals surface area contributed by atoms with Crippen LogP contribution in [-0.4, -0.2) is 42.8 Å². The molecule has 1 heterocycles. The molecule has 0 saturated carbocycles. The van der Waals surface area contributed by atoms with Crippen molar-refractivity contribution in [2.24, 2.45) is 0 Å². The monoisotopic (exact) mass is 439 g/mol. The van der Waals surface area contributed by atoms with E-state index in [4.69, 9.17) is 9.47 Å². The highest BCUT2D eigenvalue weighted by molar-refractivity contribution is 6.00. The van der Waals surface area contributed by atoms with Crippen LogP contribution in [0.1, 0.15) is 50.7 Å². The molecule has 2 aromatic rings. The Hall–Kier alpha value is -3.22. The molecular weight excluding hydrogens is 406 g/mol. The summed E-state index contributed by atoms with van der Waals surface area (Å²) in [5.74, 6) is 0.993. The van der Waals surface area contributed by atoms with Gasteiger partial charge in [-0.1, -0.05) is 18.2 Å². The van der Waals surface area contributed by atoms with Gasteiger partial charge >= 0.3 is 12.1 Å². The van der Waals surface area contributed by atoms with E-state index in [0.29, 0.717) is 36.1 Å². The van der Waals surface area contributed by atoms with Crippen molar-refractivity contribution in [2.75, 3.05) is 30.8 Å². The first-order valence-electron chi connectivity index (χ1n) is 10.9. The Morgan fingerprint density at radius 2 is 1.66 bits per heavy atom. The van der Waals surface area contributed by atoms with Crippen molar-refractivity contribution in [3.8, 4) is 5.75 Å². The number of piperidine rings is 1. The SMILES string of the molecule is COc1ccc(C)cc1NC(=O)Nc1ccc(C2CCN(C(=O)OC(C)(C)C)CC2)cc1. The summed E-state index contributed by atoms with van der Waals surface area (Å²) in [5, 5.41) is 5.70. The van der Waals surface area contributed by atoms with Gasteiger partial charge in [0.2, 0.25) is 0 Å². The Labute approximate surface area is 190 Å². The molecule has 3 rings (SSSR count). The van der Waals surface area contributed by atoms with Crippen molar-refractivity contribution >= 4 is 23.5 Å². The van der Waals surface area contributed by atoms with Gasteiger partial charge in [-0.15, -0.1) is 0 Å². The molecule has 1 fully saturated rings. The lowest BCUT2D eigenvalue weighted by Gasteiger charge is -2.33. The zero-order valence-corrected chi connectivity index (χ0v) is 19.5. The molecule has 3 amide bonds. The van der Waals surface area contributed by atoms with E-state index in [1.165, 1.54) is 5.56 Å². The number of hydrogen-bond acceptors (Lipinski definition) is 4. The largest absolute Gasteiger partial charge is 0.495 e. The normalized spacial score (nSPS) is 14.6. The molecule has 2 N–H and O–H groups in total. The minimum absolute atomic E-state index is 0.244. The lowest BCUT2D eigenvalue weighted by Crippen LogP contribution is -2.41. The molecule has 1 saturated heterocycles. The summed E-state index contributed by atoms with van der Waals surface area (Å²) < 4.78 is 10.8. The number of hydrogen-bond donors (Lipinski definition) is 2. The van der Waals surface area contributed by atoms with Crippen LogP contribution in [0.5, 0.6) is 5.75 Å². The standard InChI is InChI=1S/C25H33N3O4/c1-17-6-11-22(31-5)21(16-17)27-23(29)26-20-9-7-18(8-10-20)19-12-14-28(15-13-19)24(30)32-25(2,3)4/h6-11,16,19H,12-15H2,1-5H3,(H2,26,27,29). The molecule has 1 aliphatic rings.